The Morgan fingerprint density at radius 2 is 1.90 bits per heavy atom. The van der Waals surface area contributed by atoms with Crippen molar-refractivity contribution in [3.63, 3.8) is 0 Å². The molecule has 2 aromatic heterocycles. The molecule has 4 heteroatoms. The summed E-state index contributed by atoms with van der Waals surface area (Å²) in [6, 6.07) is 4.44. The van der Waals surface area contributed by atoms with E-state index < -0.39 is 0 Å². The number of hydrogen-bond donors (Lipinski definition) is 0. The highest BCUT2D eigenvalue weighted by Gasteiger charge is 2.18. The van der Waals surface area contributed by atoms with E-state index in [9.17, 15) is 0 Å². The van der Waals surface area contributed by atoms with E-state index in [0.717, 1.165) is 32.6 Å². The Labute approximate surface area is 126 Å². The van der Waals surface area contributed by atoms with Crippen molar-refractivity contribution in [2.45, 2.75) is 27.2 Å². The van der Waals surface area contributed by atoms with Crippen LogP contribution in [0.5, 0.6) is 0 Å². The normalized spacial score (nSPS) is 16.1. The topological polar surface area (TPSA) is 19.4 Å². The second kappa shape index (κ2) is 7.04. The lowest BCUT2D eigenvalue weighted by Gasteiger charge is -2.33. The van der Waals surface area contributed by atoms with E-state index in [4.69, 9.17) is 4.98 Å². The molecular weight excluding hydrogens is 266 g/mol. The number of piperazine rings is 1. The summed E-state index contributed by atoms with van der Waals surface area (Å²) in [5.74, 6) is 1.19. The Morgan fingerprint density at radius 3 is 2.55 bits per heavy atom. The monoisotopic (exact) mass is 291 g/mol. The van der Waals surface area contributed by atoms with Crippen LogP contribution in [0.2, 0.25) is 0 Å². The summed E-state index contributed by atoms with van der Waals surface area (Å²) in [6.07, 6.45) is 1.01. The van der Waals surface area contributed by atoms with Crippen LogP contribution in [-0.2, 0) is 6.42 Å². The first-order valence-corrected chi connectivity index (χ1v) is 8.46. The Bertz CT molecular complexity index is 542. The van der Waals surface area contributed by atoms with Crippen LogP contribution in [0.15, 0.2) is 17.5 Å². The molecule has 0 aliphatic carbocycles. The predicted octanol–water partition coefficient (Wildman–Crippen LogP) is 3.64. The Hall–Kier alpha value is -1.13. The molecule has 0 bridgehead atoms. The zero-order valence-electron chi connectivity index (χ0n) is 13.0. The first kappa shape index (κ1) is 15.3. The molecule has 2 aromatic rings. The first-order valence-electron chi connectivity index (χ1n) is 7.58. The minimum absolute atomic E-state index is 1.01. The van der Waals surface area contributed by atoms with E-state index in [1.807, 2.05) is 25.2 Å². The molecule has 0 radical (unpaired) electrons. The van der Waals surface area contributed by atoms with E-state index in [-0.39, 0.29) is 0 Å². The molecule has 0 atom stereocenters. The summed E-state index contributed by atoms with van der Waals surface area (Å²) in [5, 5.41) is 3.49. The molecule has 20 heavy (non-hydrogen) atoms. The minimum Gasteiger partial charge on any atom is -0.354 e. The maximum absolute atomic E-state index is 4.85. The van der Waals surface area contributed by atoms with Crippen molar-refractivity contribution in [2.24, 2.45) is 0 Å². The minimum atomic E-state index is 1.01. The van der Waals surface area contributed by atoms with Crippen LogP contribution in [-0.4, -0.2) is 43.1 Å². The second-order valence-electron chi connectivity index (χ2n) is 4.91. The van der Waals surface area contributed by atoms with Gasteiger partial charge in [0.05, 0.1) is 0 Å². The Balaban J connectivity index is 0.000000704. The lowest BCUT2D eigenvalue weighted by atomic mass is 10.2. The maximum Gasteiger partial charge on any atom is 0.137 e. The second-order valence-corrected chi connectivity index (χ2v) is 5.86. The maximum atomic E-state index is 4.85. The average Bonchev–Trinajstić information content (AvgIpc) is 2.97. The van der Waals surface area contributed by atoms with Crippen molar-refractivity contribution in [3.05, 3.63) is 23.2 Å². The van der Waals surface area contributed by atoms with Gasteiger partial charge in [-0.1, -0.05) is 20.8 Å². The number of rotatable bonds is 2. The van der Waals surface area contributed by atoms with Crippen molar-refractivity contribution in [2.75, 3.05) is 38.1 Å². The fraction of sp³-hybridized carbons (Fsp3) is 0.562. The van der Waals surface area contributed by atoms with Crippen molar-refractivity contribution in [3.8, 4) is 0 Å². The van der Waals surface area contributed by atoms with Gasteiger partial charge in [0.1, 0.15) is 5.82 Å². The van der Waals surface area contributed by atoms with E-state index >= 15 is 0 Å². The number of pyridine rings is 1. The summed E-state index contributed by atoms with van der Waals surface area (Å²) < 4.78 is 1.37. The fourth-order valence-electron chi connectivity index (χ4n) is 2.44. The van der Waals surface area contributed by atoms with Gasteiger partial charge in [-0.05, 0) is 31.0 Å². The van der Waals surface area contributed by atoms with E-state index in [2.05, 4.69) is 41.3 Å². The highest BCUT2D eigenvalue weighted by Crippen LogP contribution is 2.30. The molecule has 1 aliphatic rings. The summed E-state index contributed by atoms with van der Waals surface area (Å²) in [4.78, 5) is 9.67. The van der Waals surface area contributed by atoms with Crippen molar-refractivity contribution in [1.29, 1.82) is 0 Å². The number of thiophene rings is 1. The zero-order valence-corrected chi connectivity index (χ0v) is 13.8. The molecule has 3 rings (SSSR count). The van der Waals surface area contributed by atoms with Gasteiger partial charge in [0, 0.05) is 42.0 Å². The highest BCUT2D eigenvalue weighted by molar-refractivity contribution is 7.17. The van der Waals surface area contributed by atoms with Crippen LogP contribution in [0.1, 0.15) is 26.5 Å². The molecule has 0 aromatic carbocycles. The standard InChI is InChI=1S/C14H19N3S.C2H6/c1-3-11-10-13-12(4-9-18-13)14(15-11)17-7-5-16(2)6-8-17;1-2/h4,9-10H,3,5-8H2,1-2H3;1-2H3. The van der Waals surface area contributed by atoms with Crippen molar-refractivity contribution in [1.82, 2.24) is 9.88 Å². The van der Waals surface area contributed by atoms with Gasteiger partial charge in [0.25, 0.3) is 0 Å². The average molecular weight is 291 g/mol. The molecule has 0 saturated carbocycles. The highest BCUT2D eigenvalue weighted by atomic mass is 32.1. The van der Waals surface area contributed by atoms with Gasteiger partial charge in [-0.15, -0.1) is 11.3 Å². The molecule has 3 nitrogen and oxygen atoms in total. The molecule has 1 saturated heterocycles. The third-order valence-electron chi connectivity index (χ3n) is 3.65. The van der Waals surface area contributed by atoms with E-state index in [1.54, 1.807) is 0 Å². The van der Waals surface area contributed by atoms with Gasteiger partial charge in [-0.2, -0.15) is 0 Å². The van der Waals surface area contributed by atoms with E-state index in [0.29, 0.717) is 0 Å². The molecule has 0 N–H and O–H groups in total. The van der Waals surface area contributed by atoms with Gasteiger partial charge in [0.15, 0.2) is 0 Å². The molecule has 110 valence electrons. The lowest BCUT2D eigenvalue weighted by Crippen LogP contribution is -2.44. The van der Waals surface area contributed by atoms with Gasteiger partial charge < -0.3 is 9.80 Å². The largest absolute Gasteiger partial charge is 0.354 e. The summed E-state index contributed by atoms with van der Waals surface area (Å²) in [7, 11) is 2.19. The number of likely N-dealkylation sites (N-methyl/N-ethyl adjacent to an activating group) is 1. The van der Waals surface area contributed by atoms with E-state index in [1.165, 1.54) is 21.6 Å². The number of hydrogen-bond acceptors (Lipinski definition) is 4. The molecule has 0 amide bonds. The number of aryl methyl sites for hydroxylation is 1. The quantitative estimate of drug-likeness (QED) is 0.842. The van der Waals surface area contributed by atoms with Crippen LogP contribution in [0.25, 0.3) is 10.1 Å². The summed E-state index contributed by atoms with van der Waals surface area (Å²) >= 11 is 1.82. The summed E-state index contributed by atoms with van der Waals surface area (Å²) in [5.41, 5.74) is 1.21. The number of aromatic nitrogens is 1. The Kier molecular flexibility index (Phi) is 5.38. The van der Waals surface area contributed by atoms with Gasteiger partial charge in [0.2, 0.25) is 0 Å². The fourth-order valence-corrected chi connectivity index (χ4v) is 3.28. The van der Waals surface area contributed by atoms with Crippen LogP contribution in [0.4, 0.5) is 5.82 Å². The lowest BCUT2D eigenvalue weighted by molar-refractivity contribution is 0.312. The first-order chi connectivity index (χ1) is 9.78. The number of nitrogens with zero attached hydrogens (tertiary/aromatic N) is 3. The molecular formula is C16H25N3S. The zero-order chi connectivity index (χ0) is 14.5. The van der Waals surface area contributed by atoms with Gasteiger partial charge >= 0.3 is 0 Å². The third kappa shape index (κ3) is 3.13. The molecule has 0 unspecified atom stereocenters. The van der Waals surface area contributed by atoms with Crippen LogP contribution in [0.3, 0.4) is 0 Å². The van der Waals surface area contributed by atoms with Gasteiger partial charge in [-0.25, -0.2) is 4.98 Å². The van der Waals surface area contributed by atoms with Crippen LogP contribution < -0.4 is 4.90 Å². The molecule has 1 aliphatic heterocycles. The summed E-state index contributed by atoms with van der Waals surface area (Å²) in [6.45, 7) is 10.6. The van der Waals surface area contributed by atoms with Crippen LogP contribution >= 0.6 is 11.3 Å². The third-order valence-corrected chi connectivity index (χ3v) is 4.51. The Morgan fingerprint density at radius 1 is 1.20 bits per heavy atom. The molecule has 1 fully saturated rings. The number of anilines is 1. The van der Waals surface area contributed by atoms with Crippen molar-refractivity contribution >= 4 is 27.2 Å². The van der Waals surface area contributed by atoms with Crippen molar-refractivity contribution < 1.29 is 0 Å². The number of fused-ring (bicyclic) bond motifs is 1. The van der Waals surface area contributed by atoms with Crippen LogP contribution in [0, 0.1) is 0 Å². The molecule has 0 spiro atoms. The SMILES string of the molecule is CC.CCc1cc2sccc2c(N2CCN(C)CC2)n1. The molecule has 3 heterocycles. The smallest absolute Gasteiger partial charge is 0.137 e. The predicted molar refractivity (Wildman–Crippen MR) is 90.1 cm³/mol. The van der Waals surface area contributed by atoms with Gasteiger partial charge in [-0.3, -0.25) is 0 Å².